The zero-order valence-electron chi connectivity index (χ0n) is 13.8. The second-order valence-electron chi connectivity index (χ2n) is 5.30. The number of alkyl halides is 3. The molecule has 2 aromatic rings. The number of nitrogens with one attached hydrogen (secondary N) is 2. The van der Waals surface area contributed by atoms with Crippen molar-refractivity contribution >= 4 is 5.91 Å². The van der Waals surface area contributed by atoms with Gasteiger partial charge >= 0.3 is 6.18 Å². The Balaban J connectivity index is 1.88. The lowest BCUT2D eigenvalue weighted by Crippen LogP contribution is -2.37. The van der Waals surface area contributed by atoms with E-state index < -0.39 is 17.8 Å². The van der Waals surface area contributed by atoms with E-state index in [1.165, 1.54) is 18.2 Å². The summed E-state index contributed by atoms with van der Waals surface area (Å²) in [5.74, 6) is -0.579. The summed E-state index contributed by atoms with van der Waals surface area (Å²) in [6.45, 7) is -0.00816. The van der Waals surface area contributed by atoms with Crippen LogP contribution in [0.5, 0.6) is 5.75 Å². The number of carbonyl (C=O) groups is 1. The fourth-order valence-electron chi connectivity index (χ4n) is 2.30. The number of hydrogen-bond acceptors (Lipinski definition) is 4. The monoisotopic (exact) mass is 356 g/mol. The summed E-state index contributed by atoms with van der Waals surface area (Å²) >= 11 is 0. The maximum absolute atomic E-state index is 12.9. The molecule has 0 saturated heterocycles. The minimum absolute atomic E-state index is 0.0729. The van der Waals surface area contributed by atoms with Crippen LogP contribution in [0.25, 0.3) is 0 Å². The first-order valence-electron chi connectivity index (χ1n) is 7.55. The number of likely N-dealkylation sites (N-methyl/N-ethyl adjacent to an activating group) is 1. The third-order valence-corrected chi connectivity index (χ3v) is 3.46. The van der Waals surface area contributed by atoms with Gasteiger partial charge in [0.25, 0.3) is 0 Å². The van der Waals surface area contributed by atoms with Crippen LogP contribution < -0.4 is 15.4 Å². The van der Waals surface area contributed by atoms with Crippen molar-refractivity contribution in [3.05, 3.63) is 47.8 Å². The predicted octanol–water partition coefficient (Wildman–Crippen LogP) is 1.89. The number of amides is 1. The van der Waals surface area contributed by atoms with Gasteiger partial charge in [-0.2, -0.15) is 18.3 Å². The van der Waals surface area contributed by atoms with Gasteiger partial charge in [0.15, 0.2) is 0 Å². The average molecular weight is 356 g/mol. The molecule has 0 aliphatic heterocycles. The van der Waals surface area contributed by atoms with Crippen LogP contribution in [0.3, 0.4) is 0 Å². The van der Waals surface area contributed by atoms with E-state index in [0.717, 1.165) is 6.07 Å². The number of rotatable bonds is 7. The molecule has 25 heavy (non-hydrogen) atoms. The van der Waals surface area contributed by atoms with Gasteiger partial charge in [0, 0.05) is 18.8 Å². The van der Waals surface area contributed by atoms with E-state index in [-0.39, 0.29) is 24.8 Å². The highest BCUT2D eigenvalue weighted by atomic mass is 19.4. The first-order valence-corrected chi connectivity index (χ1v) is 7.55. The molecule has 9 heteroatoms. The molecule has 0 radical (unpaired) electrons. The smallest absolute Gasteiger partial charge is 0.419 e. The minimum atomic E-state index is -4.49. The molecule has 1 aromatic carbocycles. The van der Waals surface area contributed by atoms with Gasteiger partial charge in [-0.25, -0.2) is 0 Å². The summed E-state index contributed by atoms with van der Waals surface area (Å²) in [5.41, 5.74) is -0.157. The van der Waals surface area contributed by atoms with Crippen molar-refractivity contribution < 1.29 is 22.7 Å². The summed E-state index contributed by atoms with van der Waals surface area (Å²) in [7, 11) is 3.37. The molecule has 0 fully saturated rings. The van der Waals surface area contributed by atoms with Gasteiger partial charge in [-0.05, 0) is 19.2 Å². The van der Waals surface area contributed by atoms with Gasteiger partial charge in [0.1, 0.15) is 18.4 Å². The van der Waals surface area contributed by atoms with Crippen LogP contribution in [0.4, 0.5) is 13.2 Å². The van der Waals surface area contributed by atoms with Gasteiger partial charge < -0.3 is 15.4 Å². The molecule has 0 saturated carbocycles. The first kappa shape index (κ1) is 18.8. The zero-order valence-corrected chi connectivity index (χ0v) is 13.8. The largest absolute Gasteiger partial charge is 0.491 e. The van der Waals surface area contributed by atoms with Crippen LogP contribution in [-0.2, 0) is 18.0 Å². The van der Waals surface area contributed by atoms with E-state index in [2.05, 4.69) is 15.7 Å². The number of benzene rings is 1. The molecule has 0 aliphatic carbocycles. The third kappa shape index (κ3) is 4.96. The number of aromatic nitrogens is 2. The first-order chi connectivity index (χ1) is 11.8. The highest BCUT2D eigenvalue weighted by molar-refractivity contribution is 5.82. The average Bonchev–Trinajstić information content (AvgIpc) is 2.98. The summed E-state index contributed by atoms with van der Waals surface area (Å²) in [6.07, 6.45) is -1.22. The van der Waals surface area contributed by atoms with Crippen molar-refractivity contribution in [3.8, 4) is 5.75 Å². The Bertz CT molecular complexity index is 715. The molecule has 2 rings (SSSR count). The lowest BCUT2D eigenvalue weighted by Gasteiger charge is -2.16. The fraction of sp³-hybridized carbons (Fsp3) is 0.375. The van der Waals surface area contributed by atoms with E-state index in [0.29, 0.717) is 5.56 Å². The molecule has 2 N–H and O–H groups in total. The van der Waals surface area contributed by atoms with Gasteiger partial charge in [0.05, 0.1) is 18.3 Å². The molecule has 136 valence electrons. The molecule has 1 heterocycles. The predicted molar refractivity (Wildman–Crippen MR) is 85.0 cm³/mol. The summed E-state index contributed by atoms with van der Waals surface area (Å²) in [5, 5.41) is 9.49. The standard InChI is InChI=1S/C16H19F3N4O2/c1-20-14(11-9-22-23(2)10-11)15(24)21-7-8-25-13-6-4-3-5-12(13)16(17,18)19/h3-6,9-10,14,20H,7-8H2,1-2H3,(H,21,24). The number of aryl methyl sites for hydroxylation is 1. The van der Waals surface area contributed by atoms with Crippen molar-refractivity contribution in [3.63, 3.8) is 0 Å². The molecule has 0 bridgehead atoms. The van der Waals surface area contributed by atoms with E-state index >= 15 is 0 Å². The van der Waals surface area contributed by atoms with E-state index in [1.807, 2.05) is 0 Å². The van der Waals surface area contributed by atoms with E-state index in [1.54, 1.807) is 31.2 Å². The summed E-state index contributed by atoms with van der Waals surface area (Å²) in [4.78, 5) is 12.2. The molecule has 1 unspecified atom stereocenters. The van der Waals surface area contributed by atoms with Crippen LogP contribution in [0.15, 0.2) is 36.7 Å². The number of carbonyl (C=O) groups excluding carboxylic acids is 1. The third-order valence-electron chi connectivity index (χ3n) is 3.46. The molecule has 1 atom stereocenters. The van der Waals surface area contributed by atoms with Crippen LogP contribution in [0.1, 0.15) is 17.2 Å². The van der Waals surface area contributed by atoms with Crippen molar-refractivity contribution in [1.29, 1.82) is 0 Å². The maximum Gasteiger partial charge on any atom is 0.419 e. The molecular formula is C16H19F3N4O2. The van der Waals surface area contributed by atoms with Gasteiger partial charge in [-0.1, -0.05) is 12.1 Å². The second kappa shape index (κ2) is 8.02. The molecule has 1 amide bonds. The van der Waals surface area contributed by atoms with Gasteiger partial charge in [-0.15, -0.1) is 0 Å². The highest BCUT2D eigenvalue weighted by Gasteiger charge is 2.34. The van der Waals surface area contributed by atoms with Crippen molar-refractivity contribution in [1.82, 2.24) is 20.4 Å². The zero-order chi connectivity index (χ0) is 18.4. The van der Waals surface area contributed by atoms with Crippen LogP contribution >= 0.6 is 0 Å². The SMILES string of the molecule is CNC(C(=O)NCCOc1ccccc1C(F)(F)F)c1cnn(C)c1. The van der Waals surface area contributed by atoms with E-state index in [4.69, 9.17) is 4.74 Å². The quantitative estimate of drug-likeness (QED) is 0.744. The lowest BCUT2D eigenvalue weighted by molar-refractivity contribution is -0.139. The van der Waals surface area contributed by atoms with Crippen LogP contribution in [0.2, 0.25) is 0 Å². The molecule has 1 aromatic heterocycles. The van der Waals surface area contributed by atoms with Gasteiger partial charge in [-0.3, -0.25) is 9.48 Å². The Kier molecular flexibility index (Phi) is 6.02. The number of para-hydroxylation sites is 1. The number of nitrogens with zero attached hydrogens (tertiary/aromatic N) is 2. The van der Waals surface area contributed by atoms with Crippen molar-refractivity contribution in [2.45, 2.75) is 12.2 Å². The molecule has 0 spiro atoms. The normalized spacial score (nSPS) is 12.7. The fourth-order valence-corrected chi connectivity index (χ4v) is 2.30. The second-order valence-corrected chi connectivity index (χ2v) is 5.30. The van der Waals surface area contributed by atoms with E-state index in [9.17, 15) is 18.0 Å². The Morgan fingerprint density at radius 3 is 2.68 bits per heavy atom. The minimum Gasteiger partial charge on any atom is -0.491 e. The van der Waals surface area contributed by atoms with Crippen molar-refractivity contribution in [2.75, 3.05) is 20.2 Å². The van der Waals surface area contributed by atoms with Gasteiger partial charge in [0.2, 0.25) is 5.91 Å². The van der Waals surface area contributed by atoms with Crippen molar-refractivity contribution in [2.24, 2.45) is 7.05 Å². The summed E-state index contributed by atoms with van der Waals surface area (Å²) in [6, 6.07) is 4.35. The summed E-state index contributed by atoms with van der Waals surface area (Å²) < 4.78 is 45.3. The number of ether oxygens (including phenoxy) is 1. The molecule has 0 aliphatic rings. The van der Waals surface area contributed by atoms with Crippen LogP contribution in [0, 0.1) is 0 Å². The molecule has 6 nitrogen and oxygen atoms in total. The topological polar surface area (TPSA) is 68.2 Å². The number of halogens is 3. The number of hydrogen-bond donors (Lipinski definition) is 2. The maximum atomic E-state index is 12.9. The Morgan fingerprint density at radius 1 is 1.36 bits per heavy atom. The Morgan fingerprint density at radius 2 is 2.08 bits per heavy atom. The Labute approximate surface area is 143 Å². The Hall–Kier alpha value is -2.55. The molecular weight excluding hydrogens is 337 g/mol. The van der Waals surface area contributed by atoms with Crippen LogP contribution in [-0.4, -0.2) is 35.9 Å². The lowest BCUT2D eigenvalue weighted by atomic mass is 10.1. The highest BCUT2D eigenvalue weighted by Crippen LogP contribution is 2.35.